The average molecular weight is 215 g/mol. The van der Waals surface area contributed by atoms with E-state index in [-0.39, 0.29) is 0 Å². The van der Waals surface area contributed by atoms with Gasteiger partial charge in [0.25, 0.3) is 0 Å². The molecule has 0 spiro atoms. The van der Waals surface area contributed by atoms with Gasteiger partial charge in [0.05, 0.1) is 11.2 Å². The van der Waals surface area contributed by atoms with E-state index in [0.717, 1.165) is 11.4 Å². The van der Waals surface area contributed by atoms with Crippen molar-refractivity contribution in [1.82, 2.24) is 9.38 Å². The number of rotatable bonds is 2. The fourth-order valence-corrected chi connectivity index (χ4v) is 2.37. The van der Waals surface area contributed by atoms with Crippen LogP contribution in [0.2, 0.25) is 0 Å². The van der Waals surface area contributed by atoms with Gasteiger partial charge < -0.3 is 9.72 Å². The van der Waals surface area contributed by atoms with Crippen LogP contribution < -0.4 is 5.32 Å². The second-order valence-electron chi connectivity index (χ2n) is 4.60. The van der Waals surface area contributed by atoms with E-state index in [2.05, 4.69) is 35.0 Å². The van der Waals surface area contributed by atoms with E-state index in [9.17, 15) is 0 Å². The Morgan fingerprint density at radius 2 is 2.25 bits per heavy atom. The van der Waals surface area contributed by atoms with E-state index in [4.69, 9.17) is 4.98 Å². The summed E-state index contributed by atoms with van der Waals surface area (Å²) in [5.74, 6) is 1.93. The van der Waals surface area contributed by atoms with Crippen molar-refractivity contribution >= 4 is 11.2 Å². The van der Waals surface area contributed by atoms with Crippen molar-refractivity contribution in [3.8, 4) is 0 Å². The number of nitrogens with one attached hydrogen (secondary N) is 1. The second-order valence-corrected chi connectivity index (χ2v) is 4.60. The van der Waals surface area contributed by atoms with E-state index in [1.807, 2.05) is 7.05 Å². The molecule has 1 N–H and O–H groups in total. The summed E-state index contributed by atoms with van der Waals surface area (Å²) in [6.45, 7) is 2.09. The highest BCUT2D eigenvalue weighted by Gasteiger charge is 2.24. The van der Waals surface area contributed by atoms with Crippen LogP contribution in [-0.2, 0) is 0 Å². The Balaban J connectivity index is 2.16. The van der Waals surface area contributed by atoms with Gasteiger partial charge in [-0.25, -0.2) is 4.98 Å². The maximum Gasteiger partial charge on any atom is 0.116 e. The molecule has 84 valence electrons. The quantitative estimate of drug-likeness (QED) is 0.834. The number of aryl methyl sites for hydroxylation is 1. The van der Waals surface area contributed by atoms with Gasteiger partial charge in [-0.2, -0.15) is 0 Å². The van der Waals surface area contributed by atoms with Crippen molar-refractivity contribution in [2.75, 3.05) is 12.4 Å². The third-order valence-corrected chi connectivity index (χ3v) is 3.61. The zero-order valence-electron chi connectivity index (χ0n) is 9.83. The zero-order chi connectivity index (χ0) is 11.1. The van der Waals surface area contributed by atoms with Crippen LogP contribution in [0.4, 0.5) is 5.69 Å². The number of aromatic nitrogens is 2. The fourth-order valence-electron chi connectivity index (χ4n) is 2.37. The van der Waals surface area contributed by atoms with E-state index < -0.39 is 0 Å². The number of pyridine rings is 1. The van der Waals surface area contributed by atoms with E-state index in [1.54, 1.807) is 0 Å². The molecule has 0 unspecified atom stereocenters. The molecule has 2 aromatic heterocycles. The standard InChI is InChI=1S/C13H17N3/c1-9-12-8-11(14-2)6-7-16(12)13(15-9)10-4-3-5-10/h6-8,10,14H,3-5H2,1-2H3. The Kier molecular flexibility index (Phi) is 2.13. The molecule has 2 aromatic rings. The highest BCUT2D eigenvalue weighted by molar-refractivity contribution is 5.62. The van der Waals surface area contributed by atoms with Gasteiger partial charge >= 0.3 is 0 Å². The molecule has 0 amide bonds. The van der Waals surface area contributed by atoms with Gasteiger partial charge in [0.2, 0.25) is 0 Å². The van der Waals surface area contributed by atoms with Crippen LogP contribution in [0.1, 0.15) is 36.7 Å². The minimum Gasteiger partial charge on any atom is -0.388 e. The van der Waals surface area contributed by atoms with Crippen molar-refractivity contribution < 1.29 is 0 Å². The lowest BCUT2D eigenvalue weighted by atomic mass is 9.85. The summed E-state index contributed by atoms with van der Waals surface area (Å²) in [5, 5.41) is 3.17. The summed E-state index contributed by atoms with van der Waals surface area (Å²) in [5.41, 5.74) is 3.52. The largest absolute Gasteiger partial charge is 0.388 e. The molecule has 0 radical (unpaired) electrons. The number of nitrogens with zero attached hydrogens (tertiary/aromatic N) is 2. The molecule has 1 saturated carbocycles. The summed E-state index contributed by atoms with van der Waals surface area (Å²) < 4.78 is 2.25. The van der Waals surface area contributed by atoms with Gasteiger partial charge in [-0.15, -0.1) is 0 Å². The Morgan fingerprint density at radius 1 is 1.44 bits per heavy atom. The lowest BCUT2D eigenvalue weighted by Gasteiger charge is -2.24. The van der Waals surface area contributed by atoms with Crippen LogP contribution in [0, 0.1) is 6.92 Å². The molecule has 0 bridgehead atoms. The lowest BCUT2D eigenvalue weighted by molar-refractivity contribution is 0.400. The van der Waals surface area contributed by atoms with Gasteiger partial charge in [0, 0.05) is 24.8 Å². The molecular formula is C13H17N3. The SMILES string of the molecule is CNc1ccn2c(C3CCC3)nc(C)c2c1. The lowest BCUT2D eigenvalue weighted by Crippen LogP contribution is -2.12. The minimum atomic E-state index is 0.682. The van der Waals surface area contributed by atoms with Crippen LogP contribution in [0.15, 0.2) is 18.3 Å². The molecule has 1 aliphatic rings. The number of hydrogen-bond donors (Lipinski definition) is 1. The summed E-state index contributed by atoms with van der Waals surface area (Å²) in [6.07, 6.45) is 6.08. The number of hydrogen-bond acceptors (Lipinski definition) is 2. The smallest absolute Gasteiger partial charge is 0.116 e. The monoisotopic (exact) mass is 215 g/mol. The topological polar surface area (TPSA) is 29.3 Å². The van der Waals surface area contributed by atoms with Crippen molar-refractivity contribution in [2.45, 2.75) is 32.1 Å². The van der Waals surface area contributed by atoms with Gasteiger partial charge in [-0.1, -0.05) is 6.42 Å². The van der Waals surface area contributed by atoms with Gasteiger partial charge in [-0.3, -0.25) is 0 Å². The van der Waals surface area contributed by atoms with E-state index >= 15 is 0 Å². The first-order valence-electron chi connectivity index (χ1n) is 5.96. The highest BCUT2D eigenvalue weighted by atomic mass is 15.0. The van der Waals surface area contributed by atoms with Crippen LogP contribution >= 0.6 is 0 Å². The Morgan fingerprint density at radius 3 is 2.88 bits per heavy atom. The third-order valence-electron chi connectivity index (χ3n) is 3.61. The maximum absolute atomic E-state index is 4.72. The van der Waals surface area contributed by atoms with E-state index in [0.29, 0.717) is 5.92 Å². The second kappa shape index (κ2) is 3.51. The van der Waals surface area contributed by atoms with Crippen molar-refractivity contribution in [1.29, 1.82) is 0 Å². The maximum atomic E-state index is 4.72. The molecule has 16 heavy (non-hydrogen) atoms. The fraction of sp³-hybridized carbons (Fsp3) is 0.462. The predicted molar refractivity (Wildman–Crippen MR) is 66.1 cm³/mol. The van der Waals surface area contributed by atoms with Gasteiger partial charge in [0.1, 0.15) is 5.82 Å². The normalized spacial score (nSPS) is 16.4. The highest BCUT2D eigenvalue weighted by Crippen LogP contribution is 2.36. The first-order chi connectivity index (χ1) is 7.79. The molecule has 0 atom stereocenters. The summed E-state index contributed by atoms with van der Waals surface area (Å²) in [4.78, 5) is 4.72. The van der Waals surface area contributed by atoms with E-state index in [1.165, 1.54) is 30.6 Å². The van der Waals surface area contributed by atoms with Crippen LogP contribution in [0.25, 0.3) is 5.52 Å². The third kappa shape index (κ3) is 1.31. The zero-order valence-corrected chi connectivity index (χ0v) is 9.83. The minimum absolute atomic E-state index is 0.682. The van der Waals surface area contributed by atoms with Crippen LogP contribution in [-0.4, -0.2) is 16.4 Å². The Bertz CT molecular complexity index is 523. The molecule has 2 heterocycles. The molecular weight excluding hydrogens is 198 g/mol. The number of fused-ring (bicyclic) bond motifs is 1. The molecule has 3 heteroatoms. The van der Waals surface area contributed by atoms with Crippen molar-refractivity contribution in [2.24, 2.45) is 0 Å². The van der Waals surface area contributed by atoms with Crippen molar-refractivity contribution in [3.05, 3.63) is 29.8 Å². The molecule has 1 fully saturated rings. The molecule has 1 aliphatic carbocycles. The molecule has 3 nitrogen and oxygen atoms in total. The number of anilines is 1. The van der Waals surface area contributed by atoms with Gasteiger partial charge in [0.15, 0.2) is 0 Å². The van der Waals surface area contributed by atoms with Crippen molar-refractivity contribution in [3.63, 3.8) is 0 Å². The summed E-state index contributed by atoms with van der Waals surface area (Å²) >= 11 is 0. The number of imidazole rings is 1. The molecule has 0 aromatic carbocycles. The molecule has 0 saturated heterocycles. The Labute approximate surface area is 95.5 Å². The average Bonchev–Trinajstić information content (AvgIpc) is 2.54. The molecule has 0 aliphatic heterocycles. The molecule has 3 rings (SSSR count). The summed E-state index contributed by atoms with van der Waals surface area (Å²) in [7, 11) is 1.95. The summed E-state index contributed by atoms with van der Waals surface area (Å²) in [6, 6.07) is 4.28. The Hall–Kier alpha value is -1.51. The van der Waals surface area contributed by atoms with Crippen LogP contribution in [0.3, 0.4) is 0 Å². The first-order valence-corrected chi connectivity index (χ1v) is 5.96. The van der Waals surface area contributed by atoms with Crippen LogP contribution in [0.5, 0.6) is 0 Å². The van der Waals surface area contributed by atoms with Gasteiger partial charge in [-0.05, 0) is 31.9 Å². The first kappa shape index (κ1) is 9.70. The predicted octanol–water partition coefficient (Wildman–Crippen LogP) is 2.95.